The summed E-state index contributed by atoms with van der Waals surface area (Å²) in [5, 5.41) is 11.1. The van der Waals surface area contributed by atoms with E-state index >= 15 is 0 Å². The number of amides is 2. The Morgan fingerprint density at radius 1 is 1.50 bits per heavy atom. The Labute approximate surface area is 109 Å². The van der Waals surface area contributed by atoms with E-state index in [1.165, 1.54) is 7.11 Å². The van der Waals surface area contributed by atoms with Crippen LogP contribution in [0.15, 0.2) is 0 Å². The first-order valence-corrected chi connectivity index (χ1v) is 7.06. The fraction of sp³-hybridized carbons (Fsp3) is 0.800. The SMILES string of the molecule is COCCN(CC(=O)O)C(=O)NCC(C)S(C)=O. The zero-order valence-corrected chi connectivity index (χ0v) is 11.7. The molecule has 106 valence electrons. The molecule has 2 atom stereocenters. The Kier molecular flexibility index (Phi) is 8.30. The van der Waals surface area contributed by atoms with Crippen molar-refractivity contribution in [2.24, 2.45) is 0 Å². The van der Waals surface area contributed by atoms with Crippen LogP contribution in [0.4, 0.5) is 4.79 Å². The lowest BCUT2D eigenvalue weighted by atomic mass is 10.4. The van der Waals surface area contributed by atoms with E-state index < -0.39 is 29.3 Å². The normalized spacial score (nSPS) is 13.7. The molecule has 0 fully saturated rings. The van der Waals surface area contributed by atoms with E-state index in [-0.39, 0.29) is 24.9 Å². The Hall–Kier alpha value is -1.15. The number of nitrogens with one attached hydrogen (secondary N) is 1. The molecule has 7 nitrogen and oxygen atoms in total. The summed E-state index contributed by atoms with van der Waals surface area (Å²) < 4.78 is 15.9. The third-order valence-corrected chi connectivity index (χ3v) is 3.59. The largest absolute Gasteiger partial charge is 0.480 e. The van der Waals surface area contributed by atoms with Crippen LogP contribution in [0.1, 0.15) is 6.92 Å². The molecule has 2 N–H and O–H groups in total. The van der Waals surface area contributed by atoms with Gasteiger partial charge in [0, 0.05) is 42.5 Å². The van der Waals surface area contributed by atoms with Gasteiger partial charge in [0.25, 0.3) is 0 Å². The van der Waals surface area contributed by atoms with Crippen molar-refractivity contribution in [2.45, 2.75) is 12.2 Å². The van der Waals surface area contributed by atoms with Crippen molar-refractivity contribution in [1.82, 2.24) is 10.2 Å². The van der Waals surface area contributed by atoms with Gasteiger partial charge in [-0.25, -0.2) is 4.79 Å². The minimum atomic E-state index is -1.09. The summed E-state index contributed by atoms with van der Waals surface area (Å²) in [4.78, 5) is 23.5. The molecule has 0 saturated heterocycles. The van der Waals surface area contributed by atoms with Crippen LogP contribution in [0.5, 0.6) is 0 Å². The Bertz CT molecular complexity index is 311. The maximum atomic E-state index is 11.7. The number of nitrogens with zero attached hydrogens (tertiary/aromatic N) is 1. The van der Waals surface area contributed by atoms with Crippen molar-refractivity contribution in [1.29, 1.82) is 0 Å². The molecule has 0 rings (SSSR count). The Morgan fingerprint density at radius 2 is 2.11 bits per heavy atom. The number of aliphatic carboxylic acids is 1. The van der Waals surface area contributed by atoms with Crippen LogP contribution < -0.4 is 5.32 Å². The minimum absolute atomic E-state index is 0.178. The van der Waals surface area contributed by atoms with E-state index in [4.69, 9.17) is 9.84 Å². The van der Waals surface area contributed by atoms with E-state index in [1.807, 2.05) is 0 Å². The number of carboxylic acid groups (broad SMARTS) is 1. The number of urea groups is 1. The van der Waals surface area contributed by atoms with Gasteiger partial charge in [-0.2, -0.15) is 0 Å². The second kappa shape index (κ2) is 8.87. The summed E-state index contributed by atoms with van der Waals surface area (Å²) in [5.41, 5.74) is 0. The molecule has 0 bridgehead atoms. The first-order valence-electron chi connectivity index (χ1n) is 5.44. The van der Waals surface area contributed by atoms with Gasteiger partial charge in [-0.05, 0) is 6.92 Å². The highest BCUT2D eigenvalue weighted by Gasteiger charge is 2.17. The number of hydrogen-bond donors (Lipinski definition) is 2. The van der Waals surface area contributed by atoms with E-state index in [0.29, 0.717) is 0 Å². The summed E-state index contributed by atoms with van der Waals surface area (Å²) in [5.74, 6) is -1.09. The molecular weight excluding hydrogens is 260 g/mol. The van der Waals surface area contributed by atoms with Gasteiger partial charge in [-0.3, -0.25) is 9.00 Å². The summed E-state index contributed by atoms with van der Waals surface area (Å²) in [7, 11) is 0.441. The van der Waals surface area contributed by atoms with Gasteiger partial charge in [-0.15, -0.1) is 0 Å². The van der Waals surface area contributed by atoms with Gasteiger partial charge in [0.2, 0.25) is 0 Å². The predicted molar refractivity (Wildman–Crippen MR) is 68.0 cm³/mol. The second-order valence-electron chi connectivity index (χ2n) is 3.80. The highest BCUT2D eigenvalue weighted by atomic mass is 32.2. The Balaban J connectivity index is 4.27. The van der Waals surface area contributed by atoms with Crippen LogP contribution in [-0.2, 0) is 20.3 Å². The highest BCUT2D eigenvalue weighted by Crippen LogP contribution is 1.94. The van der Waals surface area contributed by atoms with Gasteiger partial charge in [-0.1, -0.05) is 0 Å². The molecule has 0 aliphatic rings. The first-order chi connectivity index (χ1) is 8.38. The predicted octanol–water partition coefficient (Wildman–Crippen LogP) is -0.504. The fourth-order valence-corrected chi connectivity index (χ4v) is 1.40. The second-order valence-corrected chi connectivity index (χ2v) is 5.61. The van der Waals surface area contributed by atoms with Gasteiger partial charge >= 0.3 is 12.0 Å². The lowest BCUT2D eigenvalue weighted by Crippen LogP contribution is -2.46. The molecule has 0 aromatic carbocycles. The molecule has 0 aromatic rings. The topological polar surface area (TPSA) is 95.9 Å². The smallest absolute Gasteiger partial charge is 0.323 e. The summed E-state index contributed by atoms with van der Waals surface area (Å²) in [6.07, 6.45) is 1.55. The lowest BCUT2D eigenvalue weighted by molar-refractivity contribution is -0.137. The van der Waals surface area contributed by atoms with E-state index in [9.17, 15) is 13.8 Å². The van der Waals surface area contributed by atoms with Gasteiger partial charge in [0.05, 0.1) is 6.61 Å². The monoisotopic (exact) mass is 280 g/mol. The molecule has 0 saturated carbocycles. The van der Waals surface area contributed by atoms with Crippen molar-refractivity contribution in [3.05, 3.63) is 0 Å². The molecule has 0 radical (unpaired) electrons. The molecule has 8 heteroatoms. The maximum absolute atomic E-state index is 11.7. The average molecular weight is 280 g/mol. The van der Waals surface area contributed by atoms with E-state index in [2.05, 4.69) is 5.32 Å². The van der Waals surface area contributed by atoms with Crippen molar-refractivity contribution in [2.75, 3.05) is 39.6 Å². The summed E-state index contributed by atoms with van der Waals surface area (Å²) in [6, 6.07) is -0.494. The number of carbonyl (C=O) groups excluding carboxylic acids is 1. The van der Waals surface area contributed by atoms with Crippen LogP contribution in [-0.4, -0.2) is 71.1 Å². The molecule has 0 aliphatic heterocycles. The van der Waals surface area contributed by atoms with Gasteiger partial charge in [0.1, 0.15) is 6.54 Å². The molecule has 2 amide bonds. The molecule has 0 aromatic heterocycles. The standard InChI is InChI=1S/C10H20N2O5S/c1-8(18(3)16)6-11-10(15)12(4-5-17-2)7-9(13)14/h8H,4-7H2,1-3H3,(H,11,15)(H,13,14). The van der Waals surface area contributed by atoms with Crippen LogP contribution >= 0.6 is 0 Å². The first kappa shape index (κ1) is 16.9. The quantitative estimate of drug-likeness (QED) is 0.624. The number of carboxylic acids is 1. The lowest BCUT2D eigenvalue weighted by Gasteiger charge is -2.21. The summed E-state index contributed by atoms with van der Waals surface area (Å²) in [6.45, 7) is 2.05. The molecular formula is C10H20N2O5S. The molecule has 18 heavy (non-hydrogen) atoms. The van der Waals surface area contributed by atoms with Crippen LogP contribution in [0.25, 0.3) is 0 Å². The molecule has 0 heterocycles. The highest BCUT2D eigenvalue weighted by molar-refractivity contribution is 7.84. The minimum Gasteiger partial charge on any atom is -0.480 e. The zero-order chi connectivity index (χ0) is 14.1. The van der Waals surface area contributed by atoms with Crippen molar-refractivity contribution in [3.8, 4) is 0 Å². The zero-order valence-electron chi connectivity index (χ0n) is 10.8. The molecule has 0 aliphatic carbocycles. The van der Waals surface area contributed by atoms with Gasteiger partial charge in [0.15, 0.2) is 0 Å². The maximum Gasteiger partial charge on any atom is 0.323 e. The van der Waals surface area contributed by atoms with Crippen molar-refractivity contribution < 1.29 is 23.6 Å². The third kappa shape index (κ3) is 7.23. The average Bonchev–Trinajstić information content (AvgIpc) is 2.30. The van der Waals surface area contributed by atoms with Crippen LogP contribution in [0.2, 0.25) is 0 Å². The number of hydrogen-bond acceptors (Lipinski definition) is 4. The van der Waals surface area contributed by atoms with Crippen molar-refractivity contribution in [3.63, 3.8) is 0 Å². The van der Waals surface area contributed by atoms with Gasteiger partial charge < -0.3 is 20.1 Å². The molecule has 0 spiro atoms. The number of carbonyl (C=O) groups is 2. The van der Waals surface area contributed by atoms with Crippen LogP contribution in [0, 0.1) is 0 Å². The Morgan fingerprint density at radius 3 is 2.56 bits per heavy atom. The number of ether oxygens (including phenoxy) is 1. The van der Waals surface area contributed by atoms with E-state index in [0.717, 1.165) is 4.90 Å². The summed E-state index contributed by atoms with van der Waals surface area (Å²) >= 11 is 0. The number of rotatable bonds is 8. The third-order valence-electron chi connectivity index (χ3n) is 2.29. The van der Waals surface area contributed by atoms with Crippen molar-refractivity contribution >= 4 is 22.8 Å². The number of methoxy groups -OCH3 is 1. The fourth-order valence-electron chi connectivity index (χ4n) is 1.08. The molecule has 2 unspecified atom stereocenters. The van der Waals surface area contributed by atoms with E-state index in [1.54, 1.807) is 13.2 Å². The van der Waals surface area contributed by atoms with Crippen LogP contribution in [0.3, 0.4) is 0 Å².